The number of ether oxygens (including phenoxy) is 1. The molecule has 0 bridgehead atoms. The van der Waals surface area contributed by atoms with Gasteiger partial charge in [-0.05, 0) is 36.8 Å². The zero-order valence-corrected chi connectivity index (χ0v) is 12.2. The molecule has 5 heteroatoms. The number of aryl methyl sites for hydroxylation is 1. The fourth-order valence-corrected chi connectivity index (χ4v) is 2.06. The summed E-state index contributed by atoms with van der Waals surface area (Å²) in [6, 6.07) is 12.1. The second-order valence-corrected chi connectivity index (χ2v) is 4.89. The van der Waals surface area contributed by atoms with Gasteiger partial charge in [0, 0.05) is 10.7 Å². The minimum atomic E-state index is -0.322. The third kappa shape index (κ3) is 4.07. The number of carbonyl (C=O) groups is 2. The van der Waals surface area contributed by atoms with Gasteiger partial charge in [-0.2, -0.15) is 0 Å². The van der Waals surface area contributed by atoms with Crippen LogP contribution in [0.5, 0.6) is 5.75 Å². The first-order valence-electron chi connectivity index (χ1n) is 6.33. The lowest BCUT2D eigenvalue weighted by Gasteiger charge is -2.11. The van der Waals surface area contributed by atoms with Gasteiger partial charge in [0.15, 0.2) is 12.9 Å². The molecule has 21 heavy (non-hydrogen) atoms. The van der Waals surface area contributed by atoms with Crippen LogP contribution in [-0.4, -0.2) is 18.8 Å². The van der Waals surface area contributed by atoms with E-state index in [1.165, 1.54) is 0 Å². The van der Waals surface area contributed by atoms with E-state index in [4.69, 9.17) is 16.3 Å². The Balaban J connectivity index is 2.00. The van der Waals surface area contributed by atoms with Crippen molar-refractivity contribution in [2.24, 2.45) is 0 Å². The van der Waals surface area contributed by atoms with Gasteiger partial charge in [0.05, 0.1) is 5.56 Å². The molecule has 4 nitrogen and oxygen atoms in total. The van der Waals surface area contributed by atoms with Crippen LogP contribution < -0.4 is 10.1 Å². The summed E-state index contributed by atoms with van der Waals surface area (Å²) in [7, 11) is 0. The van der Waals surface area contributed by atoms with Crippen molar-refractivity contribution in [3.63, 3.8) is 0 Å². The molecule has 0 unspecified atom stereocenters. The van der Waals surface area contributed by atoms with E-state index in [9.17, 15) is 9.59 Å². The van der Waals surface area contributed by atoms with Gasteiger partial charge in [0.1, 0.15) is 5.75 Å². The molecule has 0 aliphatic rings. The average Bonchev–Trinajstić information content (AvgIpc) is 2.45. The first-order valence-corrected chi connectivity index (χ1v) is 6.71. The van der Waals surface area contributed by atoms with Crippen molar-refractivity contribution in [3.8, 4) is 5.75 Å². The van der Waals surface area contributed by atoms with Crippen LogP contribution in [0.3, 0.4) is 0 Å². The fraction of sp³-hybridized carbons (Fsp3) is 0.125. The summed E-state index contributed by atoms with van der Waals surface area (Å²) in [5.41, 5.74) is 1.82. The molecule has 2 aromatic rings. The van der Waals surface area contributed by atoms with Gasteiger partial charge in [0.2, 0.25) is 0 Å². The quantitative estimate of drug-likeness (QED) is 0.860. The Bertz CT molecular complexity index is 670. The number of benzene rings is 2. The summed E-state index contributed by atoms with van der Waals surface area (Å²) in [4.78, 5) is 22.8. The summed E-state index contributed by atoms with van der Waals surface area (Å²) >= 11 is 5.84. The monoisotopic (exact) mass is 303 g/mol. The second-order valence-electron chi connectivity index (χ2n) is 4.46. The number of halogens is 1. The molecular formula is C16H14ClNO3. The zero-order valence-electron chi connectivity index (χ0n) is 11.4. The Kier molecular flexibility index (Phi) is 4.95. The predicted octanol–water partition coefficient (Wildman–Crippen LogP) is 3.48. The number of hydrogen-bond donors (Lipinski definition) is 1. The number of carbonyl (C=O) groups excluding carboxylic acids is 2. The molecule has 0 aliphatic carbocycles. The highest BCUT2D eigenvalue weighted by Gasteiger charge is 2.09. The van der Waals surface area contributed by atoms with E-state index in [0.717, 1.165) is 5.56 Å². The lowest BCUT2D eigenvalue weighted by atomic mass is 10.1. The average molecular weight is 304 g/mol. The highest BCUT2D eigenvalue weighted by atomic mass is 35.5. The van der Waals surface area contributed by atoms with Crippen LogP contribution in [0.1, 0.15) is 15.9 Å². The molecule has 1 N–H and O–H groups in total. The molecule has 0 fully saturated rings. The van der Waals surface area contributed by atoms with Gasteiger partial charge >= 0.3 is 0 Å². The maximum atomic E-state index is 11.8. The molecule has 0 saturated carbocycles. The van der Waals surface area contributed by atoms with Gasteiger partial charge in [-0.25, -0.2) is 0 Å². The van der Waals surface area contributed by atoms with Crippen LogP contribution in [-0.2, 0) is 4.79 Å². The Labute approximate surface area is 127 Å². The van der Waals surface area contributed by atoms with E-state index >= 15 is 0 Å². The number of nitrogens with one attached hydrogen (secondary N) is 1. The van der Waals surface area contributed by atoms with Crippen molar-refractivity contribution < 1.29 is 14.3 Å². The summed E-state index contributed by atoms with van der Waals surface area (Å²) in [5, 5.41) is 3.21. The normalized spacial score (nSPS) is 10.0. The molecule has 0 heterocycles. The second kappa shape index (κ2) is 6.90. The molecule has 0 aliphatic heterocycles. The summed E-state index contributed by atoms with van der Waals surface area (Å²) in [6.07, 6.45) is 0.706. The molecule has 2 rings (SSSR count). The van der Waals surface area contributed by atoms with Crippen molar-refractivity contribution in [1.82, 2.24) is 0 Å². The Morgan fingerprint density at radius 1 is 1.29 bits per heavy atom. The van der Waals surface area contributed by atoms with Crippen LogP contribution in [0.2, 0.25) is 5.02 Å². The van der Waals surface area contributed by atoms with Crippen molar-refractivity contribution in [1.29, 1.82) is 0 Å². The molecule has 0 aromatic heterocycles. The molecule has 2 aromatic carbocycles. The molecule has 0 atom stereocenters. The van der Waals surface area contributed by atoms with E-state index in [1.54, 1.807) is 36.4 Å². The summed E-state index contributed by atoms with van der Waals surface area (Å²) in [6.45, 7) is 1.63. The van der Waals surface area contributed by atoms with E-state index in [-0.39, 0.29) is 12.5 Å². The van der Waals surface area contributed by atoms with E-state index in [1.807, 2.05) is 13.0 Å². The predicted molar refractivity (Wildman–Crippen MR) is 82.1 cm³/mol. The van der Waals surface area contributed by atoms with Crippen LogP contribution in [0.25, 0.3) is 0 Å². The SMILES string of the molecule is Cc1cccc(C=O)c1OCC(=O)Nc1cccc(Cl)c1. The molecule has 1 amide bonds. The number of amides is 1. The molecule has 0 spiro atoms. The highest BCUT2D eigenvalue weighted by Crippen LogP contribution is 2.22. The third-order valence-electron chi connectivity index (χ3n) is 2.83. The van der Waals surface area contributed by atoms with Gasteiger partial charge in [-0.3, -0.25) is 9.59 Å². The molecular weight excluding hydrogens is 290 g/mol. The van der Waals surface area contributed by atoms with Crippen LogP contribution in [0.4, 0.5) is 5.69 Å². The van der Waals surface area contributed by atoms with Crippen molar-refractivity contribution in [2.45, 2.75) is 6.92 Å². The number of rotatable bonds is 5. The largest absolute Gasteiger partial charge is 0.483 e. The van der Waals surface area contributed by atoms with Crippen molar-refractivity contribution in [2.75, 3.05) is 11.9 Å². The third-order valence-corrected chi connectivity index (χ3v) is 3.06. The number of anilines is 1. The molecule has 0 radical (unpaired) electrons. The maximum absolute atomic E-state index is 11.8. The van der Waals surface area contributed by atoms with Crippen molar-refractivity contribution >= 4 is 29.5 Å². The number of aldehydes is 1. The fourth-order valence-electron chi connectivity index (χ4n) is 1.87. The Morgan fingerprint density at radius 3 is 2.76 bits per heavy atom. The van der Waals surface area contributed by atoms with E-state index in [0.29, 0.717) is 28.3 Å². The van der Waals surface area contributed by atoms with Gasteiger partial charge < -0.3 is 10.1 Å². The number of para-hydroxylation sites is 1. The van der Waals surface area contributed by atoms with Gasteiger partial charge in [0.25, 0.3) is 5.91 Å². The van der Waals surface area contributed by atoms with Crippen molar-refractivity contribution in [3.05, 3.63) is 58.6 Å². The van der Waals surface area contributed by atoms with Crippen LogP contribution >= 0.6 is 11.6 Å². The molecule has 0 saturated heterocycles. The van der Waals surface area contributed by atoms with E-state index < -0.39 is 0 Å². The first-order chi connectivity index (χ1) is 10.1. The molecule has 108 valence electrons. The van der Waals surface area contributed by atoms with Crippen LogP contribution in [0, 0.1) is 6.92 Å². The van der Waals surface area contributed by atoms with E-state index in [2.05, 4.69) is 5.32 Å². The minimum Gasteiger partial charge on any atom is -0.483 e. The maximum Gasteiger partial charge on any atom is 0.262 e. The summed E-state index contributed by atoms with van der Waals surface area (Å²) in [5.74, 6) is 0.103. The van der Waals surface area contributed by atoms with Gasteiger partial charge in [-0.15, -0.1) is 0 Å². The van der Waals surface area contributed by atoms with Gasteiger partial charge in [-0.1, -0.05) is 29.8 Å². The highest BCUT2D eigenvalue weighted by molar-refractivity contribution is 6.30. The Hall–Kier alpha value is -2.33. The zero-order chi connectivity index (χ0) is 15.2. The topological polar surface area (TPSA) is 55.4 Å². The standard InChI is InChI=1S/C16H14ClNO3/c1-11-4-2-5-12(9-19)16(11)21-10-15(20)18-14-7-3-6-13(17)8-14/h2-9H,10H2,1H3,(H,18,20). The van der Waals surface area contributed by atoms with Crippen LogP contribution in [0.15, 0.2) is 42.5 Å². The Morgan fingerprint density at radius 2 is 2.05 bits per heavy atom. The lowest BCUT2D eigenvalue weighted by Crippen LogP contribution is -2.20. The number of hydrogen-bond acceptors (Lipinski definition) is 3. The lowest BCUT2D eigenvalue weighted by molar-refractivity contribution is -0.118. The summed E-state index contributed by atoms with van der Waals surface area (Å²) < 4.78 is 5.45. The first kappa shape index (κ1) is 15.1. The smallest absolute Gasteiger partial charge is 0.262 e. The minimum absolute atomic E-state index is 0.182.